The van der Waals surface area contributed by atoms with Gasteiger partial charge in [0.05, 0.1) is 20.8 Å². The summed E-state index contributed by atoms with van der Waals surface area (Å²) in [5.41, 5.74) is 0.977. The van der Waals surface area contributed by atoms with Gasteiger partial charge in [0.25, 0.3) is 0 Å². The van der Waals surface area contributed by atoms with Gasteiger partial charge in [-0.1, -0.05) is 0 Å². The quantitative estimate of drug-likeness (QED) is 0.651. The molecule has 1 amide bonds. The highest BCUT2D eigenvalue weighted by Crippen LogP contribution is 2.25. The smallest absolute Gasteiger partial charge is 0.223 e. The first-order chi connectivity index (χ1) is 12.2. The molecule has 0 spiro atoms. The Labute approximate surface area is 161 Å². The number of aliphatic hydroxyl groups excluding tert-OH is 1. The largest absolute Gasteiger partial charge is 0.497 e. The van der Waals surface area contributed by atoms with E-state index in [0.717, 1.165) is 43.2 Å². The number of aliphatic hydroxyl groups is 1. The number of nitrogens with zero attached hydrogens (tertiary/aromatic N) is 2. The normalized spacial score (nSPS) is 14.1. The Morgan fingerprint density at radius 3 is 2.58 bits per heavy atom. The molecule has 1 aromatic rings. The van der Waals surface area contributed by atoms with Crippen molar-refractivity contribution in [3.63, 3.8) is 0 Å². The minimum absolute atomic E-state index is 0. The van der Waals surface area contributed by atoms with Gasteiger partial charge < -0.3 is 24.8 Å². The van der Waals surface area contributed by atoms with E-state index in [-0.39, 0.29) is 24.9 Å². The van der Waals surface area contributed by atoms with Crippen LogP contribution in [0.4, 0.5) is 0 Å². The fraction of sp³-hybridized carbons (Fsp3) is 0.611. The second kappa shape index (κ2) is 12.0. The maximum absolute atomic E-state index is 12.3. The van der Waals surface area contributed by atoms with E-state index in [1.165, 1.54) is 0 Å². The van der Waals surface area contributed by atoms with Crippen LogP contribution in [0.1, 0.15) is 12.0 Å². The fourth-order valence-corrected chi connectivity index (χ4v) is 2.98. The summed E-state index contributed by atoms with van der Waals surface area (Å²) in [6.45, 7) is 4.99. The van der Waals surface area contributed by atoms with Crippen LogP contribution in [0.2, 0.25) is 0 Å². The minimum Gasteiger partial charge on any atom is -0.497 e. The van der Waals surface area contributed by atoms with Gasteiger partial charge in [0.15, 0.2) is 0 Å². The van der Waals surface area contributed by atoms with Crippen LogP contribution in [0.5, 0.6) is 11.5 Å². The molecule has 0 bridgehead atoms. The van der Waals surface area contributed by atoms with Crippen molar-refractivity contribution in [3.05, 3.63) is 23.8 Å². The summed E-state index contributed by atoms with van der Waals surface area (Å²) in [5, 5.41) is 12.6. The van der Waals surface area contributed by atoms with E-state index in [0.29, 0.717) is 26.1 Å². The summed E-state index contributed by atoms with van der Waals surface area (Å²) >= 11 is 0. The van der Waals surface area contributed by atoms with Gasteiger partial charge in [-0.2, -0.15) is 0 Å². The van der Waals surface area contributed by atoms with Gasteiger partial charge in [0, 0.05) is 57.8 Å². The van der Waals surface area contributed by atoms with E-state index in [9.17, 15) is 9.90 Å². The molecule has 1 aromatic carbocycles. The Bertz CT molecular complexity index is 553. The molecule has 2 rings (SSSR count). The Balaban J connectivity index is 0.00000338. The van der Waals surface area contributed by atoms with Gasteiger partial charge in [-0.05, 0) is 18.2 Å². The van der Waals surface area contributed by atoms with E-state index in [1.54, 1.807) is 14.2 Å². The van der Waals surface area contributed by atoms with E-state index in [4.69, 9.17) is 9.47 Å². The van der Waals surface area contributed by atoms with Crippen LogP contribution in [-0.4, -0.2) is 80.9 Å². The monoisotopic (exact) mass is 387 g/mol. The SMILES string of the molecule is COc1ccc(OC)c(CN(CCO)CCC(=O)N2CCNCC2)c1.Cl. The van der Waals surface area contributed by atoms with E-state index in [1.807, 2.05) is 23.1 Å². The summed E-state index contributed by atoms with van der Waals surface area (Å²) in [4.78, 5) is 16.3. The molecule has 1 heterocycles. The van der Waals surface area contributed by atoms with Crippen molar-refractivity contribution in [2.24, 2.45) is 0 Å². The first-order valence-electron chi connectivity index (χ1n) is 8.70. The maximum Gasteiger partial charge on any atom is 0.223 e. The highest BCUT2D eigenvalue weighted by atomic mass is 35.5. The Morgan fingerprint density at radius 2 is 1.96 bits per heavy atom. The molecule has 26 heavy (non-hydrogen) atoms. The Hall–Kier alpha value is -1.54. The Morgan fingerprint density at radius 1 is 1.23 bits per heavy atom. The number of carbonyl (C=O) groups is 1. The van der Waals surface area contributed by atoms with Gasteiger partial charge in [-0.3, -0.25) is 9.69 Å². The molecule has 7 nitrogen and oxygen atoms in total. The first-order valence-corrected chi connectivity index (χ1v) is 8.70. The molecular formula is C18H30ClN3O4. The average molecular weight is 388 g/mol. The van der Waals surface area contributed by atoms with Crippen LogP contribution in [0, 0.1) is 0 Å². The van der Waals surface area contributed by atoms with Crippen molar-refractivity contribution < 1.29 is 19.4 Å². The molecule has 0 aliphatic carbocycles. The van der Waals surface area contributed by atoms with E-state index in [2.05, 4.69) is 10.2 Å². The van der Waals surface area contributed by atoms with E-state index < -0.39 is 0 Å². The van der Waals surface area contributed by atoms with Crippen molar-refractivity contribution in [3.8, 4) is 11.5 Å². The number of amides is 1. The van der Waals surface area contributed by atoms with Crippen LogP contribution in [0.25, 0.3) is 0 Å². The van der Waals surface area contributed by atoms with Gasteiger partial charge in [0.1, 0.15) is 11.5 Å². The molecule has 0 saturated carbocycles. The molecule has 2 N–H and O–H groups in total. The summed E-state index contributed by atoms with van der Waals surface area (Å²) < 4.78 is 10.7. The van der Waals surface area contributed by atoms with Crippen LogP contribution >= 0.6 is 12.4 Å². The zero-order chi connectivity index (χ0) is 18.1. The molecule has 1 fully saturated rings. The van der Waals surface area contributed by atoms with E-state index >= 15 is 0 Å². The van der Waals surface area contributed by atoms with Crippen molar-refractivity contribution in [1.82, 2.24) is 15.1 Å². The van der Waals surface area contributed by atoms with Crippen molar-refractivity contribution in [1.29, 1.82) is 0 Å². The average Bonchev–Trinajstić information content (AvgIpc) is 2.66. The molecule has 148 valence electrons. The lowest BCUT2D eigenvalue weighted by Gasteiger charge is -2.29. The highest BCUT2D eigenvalue weighted by molar-refractivity contribution is 5.85. The molecule has 0 unspecified atom stereocenters. The third-order valence-corrected chi connectivity index (χ3v) is 4.41. The molecule has 0 radical (unpaired) electrons. The number of ether oxygens (including phenoxy) is 2. The van der Waals surface area contributed by atoms with Gasteiger partial charge in [-0.15, -0.1) is 12.4 Å². The number of methoxy groups -OCH3 is 2. The predicted molar refractivity (Wildman–Crippen MR) is 103 cm³/mol. The van der Waals surface area contributed by atoms with Gasteiger partial charge >= 0.3 is 0 Å². The lowest BCUT2D eigenvalue weighted by Crippen LogP contribution is -2.47. The molecule has 8 heteroatoms. The van der Waals surface area contributed by atoms with Crippen molar-refractivity contribution in [2.75, 3.05) is 60.1 Å². The third-order valence-electron chi connectivity index (χ3n) is 4.41. The first kappa shape index (κ1) is 22.5. The summed E-state index contributed by atoms with van der Waals surface area (Å²) in [6, 6.07) is 5.66. The predicted octanol–water partition coefficient (Wildman–Crippen LogP) is 0.742. The second-order valence-corrected chi connectivity index (χ2v) is 6.06. The number of carbonyl (C=O) groups excluding carboxylic acids is 1. The molecule has 0 aromatic heterocycles. The van der Waals surface area contributed by atoms with Gasteiger partial charge in [0.2, 0.25) is 5.91 Å². The molecular weight excluding hydrogens is 358 g/mol. The van der Waals surface area contributed by atoms with Crippen molar-refractivity contribution >= 4 is 18.3 Å². The number of benzene rings is 1. The van der Waals surface area contributed by atoms with Crippen LogP contribution in [0.3, 0.4) is 0 Å². The number of hydrogen-bond acceptors (Lipinski definition) is 6. The number of halogens is 1. The maximum atomic E-state index is 12.3. The zero-order valence-electron chi connectivity index (χ0n) is 15.6. The number of piperazine rings is 1. The van der Waals surface area contributed by atoms with Gasteiger partial charge in [-0.25, -0.2) is 0 Å². The topological polar surface area (TPSA) is 74.3 Å². The molecule has 1 saturated heterocycles. The lowest BCUT2D eigenvalue weighted by molar-refractivity contribution is -0.132. The summed E-state index contributed by atoms with van der Waals surface area (Å²) in [5.74, 6) is 1.70. The number of nitrogens with one attached hydrogen (secondary N) is 1. The number of hydrogen-bond donors (Lipinski definition) is 2. The lowest BCUT2D eigenvalue weighted by atomic mass is 10.1. The van der Waals surface area contributed by atoms with Crippen LogP contribution in [0.15, 0.2) is 18.2 Å². The highest BCUT2D eigenvalue weighted by Gasteiger charge is 2.18. The van der Waals surface area contributed by atoms with Crippen LogP contribution in [-0.2, 0) is 11.3 Å². The molecule has 1 aliphatic heterocycles. The van der Waals surface area contributed by atoms with Crippen molar-refractivity contribution in [2.45, 2.75) is 13.0 Å². The fourth-order valence-electron chi connectivity index (χ4n) is 2.98. The molecule has 0 atom stereocenters. The Kier molecular flexibility index (Phi) is 10.3. The third kappa shape index (κ3) is 6.64. The second-order valence-electron chi connectivity index (χ2n) is 6.06. The summed E-state index contributed by atoms with van der Waals surface area (Å²) in [7, 11) is 3.26. The van der Waals surface area contributed by atoms with Crippen LogP contribution < -0.4 is 14.8 Å². The number of rotatable bonds is 9. The minimum atomic E-state index is 0. The zero-order valence-corrected chi connectivity index (χ0v) is 16.4. The molecule has 1 aliphatic rings. The standard InChI is InChI=1S/C18H29N3O4.ClH/c1-24-16-3-4-17(25-2)15(13-16)14-20(11-12-22)8-5-18(23)21-9-6-19-7-10-21;/h3-4,13,19,22H,5-12,14H2,1-2H3;1H. The summed E-state index contributed by atoms with van der Waals surface area (Å²) in [6.07, 6.45) is 0.451.